The highest BCUT2D eigenvalue weighted by atomic mass is 16.3. The lowest BCUT2D eigenvalue weighted by atomic mass is 10.5. The van der Waals surface area contributed by atoms with Crippen LogP contribution in [0.25, 0.3) is 0 Å². The van der Waals surface area contributed by atoms with Gasteiger partial charge < -0.3 is 9.90 Å². The van der Waals surface area contributed by atoms with Crippen molar-refractivity contribution in [3.8, 4) is 0 Å². The molecule has 0 unspecified atom stereocenters. The number of carbonyl (C=O) groups excluding carboxylic acids is 1. The summed E-state index contributed by atoms with van der Waals surface area (Å²) in [5, 5.41) is 7.84. The van der Waals surface area contributed by atoms with E-state index < -0.39 is 0 Å². The maximum absolute atomic E-state index is 9.24. The Bertz CT molecular complexity index is 26.7. The molecule has 6 heavy (non-hydrogen) atoms. The topological polar surface area (TPSA) is 37.3 Å². The highest BCUT2D eigenvalue weighted by molar-refractivity contribution is 5.49. The quantitative estimate of drug-likeness (QED) is 0.492. The summed E-state index contributed by atoms with van der Waals surface area (Å²) in [5.74, 6) is 0. The number of carbonyl (C=O) groups is 1. The molecule has 2 heteroatoms. The fourth-order valence-corrected chi connectivity index (χ4v) is 0.0527. The second-order valence-electron chi connectivity index (χ2n) is 0.679. The monoisotopic (exact) mass is 90.1 g/mol. The Labute approximate surface area is 37.8 Å². The van der Waals surface area contributed by atoms with E-state index in [-0.39, 0.29) is 20.5 Å². The molecule has 0 aliphatic heterocycles. The second kappa shape index (κ2) is 8.82. The van der Waals surface area contributed by atoms with Gasteiger partial charge in [0.15, 0.2) is 0 Å². The van der Waals surface area contributed by atoms with E-state index in [0.717, 1.165) is 0 Å². The lowest BCUT2D eigenvalue weighted by Crippen LogP contribution is -1.78. The largest absolute Gasteiger partial charge is 0.396 e. The summed E-state index contributed by atoms with van der Waals surface area (Å²) in [6.07, 6.45) is 0.944. The Hall–Kier alpha value is -0.370. The minimum Gasteiger partial charge on any atom is -0.396 e. The Balaban J connectivity index is 0. The van der Waals surface area contributed by atoms with Crippen LogP contribution in [0, 0.1) is 0 Å². The molecule has 0 radical (unpaired) electrons. The maximum Gasteiger partial charge on any atom is 0.122 e. The zero-order valence-corrected chi connectivity index (χ0v) is 2.85. The van der Waals surface area contributed by atoms with Gasteiger partial charge in [-0.25, -0.2) is 0 Å². The first-order chi connectivity index (χ1) is 2.41. The first kappa shape index (κ1) is 9.16. The van der Waals surface area contributed by atoms with Gasteiger partial charge in [-0.05, 0) is 0 Å². The summed E-state index contributed by atoms with van der Waals surface area (Å²) in [7, 11) is 0. The van der Waals surface area contributed by atoms with Crippen molar-refractivity contribution in [2.75, 3.05) is 6.61 Å². The Morgan fingerprint density at radius 2 is 2.17 bits per heavy atom. The van der Waals surface area contributed by atoms with E-state index in [1.54, 1.807) is 0 Å². The SMILES string of the molecule is C.O=CCCO. The van der Waals surface area contributed by atoms with Crippen molar-refractivity contribution in [3.63, 3.8) is 0 Å². The van der Waals surface area contributed by atoms with Crippen LogP contribution in [0.5, 0.6) is 0 Å². The normalized spacial score (nSPS) is 6.17. The molecule has 0 aromatic rings. The predicted octanol–water partition coefficient (Wildman–Crippen LogP) is 0.204. The highest BCUT2D eigenvalue weighted by Crippen LogP contribution is 1.58. The van der Waals surface area contributed by atoms with E-state index in [2.05, 4.69) is 0 Å². The van der Waals surface area contributed by atoms with Gasteiger partial charge in [0, 0.05) is 13.0 Å². The van der Waals surface area contributed by atoms with Crippen molar-refractivity contribution in [2.45, 2.75) is 13.8 Å². The van der Waals surface area contributed by atoms with E-state index in [9.17, 15) is 4.79 Å². The van der Waals surface area contributed by atoms with Crippen molar-refractivity contribution in [1.82, 2.24) is 0 Å². The lowest BCUT2D eigenvalue weighted by molar-refractivity contribution is -0.108. The van der Waals surface area contributed by atoms with Crippen LogP contribution in [-0.4, -0.2) is 18.0 Å². The first-order valence-electron chi connectivity index (χ1n) is 1.46. The fraction of sp³-hybridized carbons (Fsp3) is 0.750. The van der Waals surface area contributed by atoms with E-state index in [1.807, 2.05) is 0 Å². The standard InChI is InChI=1S/C3H6O2.CH4/c4-2-1-3-5;/h2,5H,1,3H2;1H4. The molecule has 0 spiro atoms. The molecular formula is C4H10O2. The van der Waals surface area contributed by atoms with Crippen molar-refractivity contribution in [2.24, 2.45) is 0 Å². The third-order valence-electron chi connectivity index (χ3n) is 0.247. The first-order valence-corrected chi connectivity index (χ1v) is 1.46. The minimum absolute atomic E-state index is 0. The Morgan fingerprint density at radius 3 is 2.17 bits per heavy atom. The van der Waals surface area contributed by atoms with Crippen molar-refractivity contribution < 1.29 is 9.90 Å². The summed E-state index contributed by atoms with van der Waals surface area (Å²) < 4.78 is 0. The molecule has 1 N–H and O–H groups in total. The third kappa shape index (κ3) is 9.45. The molecule has 0 aliphatic rings. The van der Waals surface area contributed by atoms with Crippen LogP contribution in [0.4, 0.5) is 0 Å². The van der Waals surface area contributed by atoms with Crippen LogP contribution < -0.4 is 0 Å². The maximum atomic E-state index is 9.24. The molecule has 0 aliphatic carbocycles. The van der Waals surface area contributed by atoms with Crippen LogP contribution in [0.15, 0.2) is 0 Å². The molecule has 0 saturated heterocycles. The molecule has 0 fully saturated rings. The zero-order valence-electron chi connectivity index (χ0n) is 2.85. The molecule has 0 aromatic heterocycles. The summed E-state index contributed by atoms with van der Waals surface area (Å²) in [5.41, 5.74) is 0. The van der Waals surface area contributed by atoms with Gasteiger partial charge in [-0.3, -0.25) is 0 Å². The summed E-state index contributed by atoms with van der Waals surface area (Å²) in [6, 6.07) is 0. The average molecular weight is 90.1 g/mol. The molecule has 38 valence electrons. The van der Waals surface area contributed by atoms with Crippen LogP contribution in [0.1, 0.15) is 13.8 Å². The van der Waals surface area contributed by atoms with Gasteiger partial charge in [0.25, 0.3) is 0 Å². The molecule has 0 saturated carbocycles. The van der Waals surface area contributed by atoms with E-state index >= 15 is 0 Å². The molecule has 2 nitrogen and oxygen atoms in total. The van der Waals surface area contributed by atoms with E-state index in [4.69, 9.17) is 5.11 Å². The molecular weight excluding hydrogens is 80.0 g/mol. The molecule has 0 heterocycles. The van der Waals surface area contributed by atoms with Gasteiger partial charge in [-0.2, -0.15) is 0 Å². The van der Waals surface area contributed by atoms with Crippen molar-refractivity contribution in [1.29, 1.82) is 0 Å². The summed E-state index contributed by atoms with van der Waals surface area (Å²) in [6.45, 7) is -0.0243. The van der Waals surface area contributed by atoms with Gasteiger partial charge in [0.1, 0.15) is 6.29 Å². The molecule has 0 atom stereocenters. The molecule has 0 bridgehead atoms. The van der Waals surface area contributed by atoms with Crippen LogP contribution in [-0.2, 0) is 4.79 Å². The van der Waals surface area contributed by atoms with E-state index in [1.165, 1.54) is 0 Å². The number of aliphatic hydroxyl groups excluding tert-OH is 1. The van der Waals surface area contributed by atoms with Gasteiger partial charge in [0.05, 0.1) is 0 Å². The fourth-order valence-electron chi connectivity index (χ4n) is 0.0527. The molecule has 0 rings (SSSR count). The smallest absolute Gasteiger partial charge is 0.122 e. The number of aldehydes is 1. The number of aliphatic hydroxyl groups is 1. The van der Waals surface area contributed by atoms with Crippen molar-refractivity contribution in [3.05, 3.63) is 0 Å². The van der Waals surface area contributed by atoms with Crippen LogP contribution in [0.2, 0.25) is 0 Å². The molecule has 0 aromatic carbocycles. The summed E-state index contributed by atoms with van der Waals surface area (Å²) in [4.78, 5) is 9.24. The van der Waals surface area contributed by atoms with Crippen LogP contribution >= 0.6 is 0 Å². The number of rotatable bonds is 2. The van der Waals surface area contributed by atoms with E-state index in [0.29, 0.717) is 6.29 Å². The van der Waals surface area contributed by atoms with Gasteiger partial charge >= 0.3 is 0 Å². The second-order valence-corrected chi connectivity index (χ2v) is 0.679. The zero-order chi connectivity index (χ0) is 4.12. The Kier molecular flexibility index (Phi) is 13.5. The molecule has 0 amide bonds. The highest BCUT2D eigenvalue weighted by Gasteiger charge is 1.67. The predicted molar refractivity (Wildman–Crippen MR) is 24.5 cm³/mol. The van der Waals surface area contributed by atoms with Gasteiger partial charge in [0.2, 0.25) is 0 Å². The number of hydrogen-bond donors (Lipinski definition) is 1. The number of hydrogen-bond acceptors (Lipinski definition) is 2. The summed E-state index contributed by atoms with van der Waals surface area (Å²) >= 11 is 0. The lowest BCUT2D eigenvalue weighted by Gasteiger charge is -1.69. The van der Waals surface area contributed by atoms with Gasteiger partial charge in [-0.15, -0.1) is 0 Å². The third-order valence-corrected chi connectivity index (χ3v) is 0.247. The Morgan fingerprint density at radius 1 is 1.67 bits per heavy atom. The van der Waals surface area contributed by atoms with Crippen molar-refractivity contribution >= 4 is 6.29 Å². The average Bonchev–Trinajstić information content (AvgIpc) is 1.41. The minimum atomic E-state index is -0.0243. The van der Waals surface area contributed by atoms with Crippen LogP contribution in [0.3, 0.4) is 0 Å². The van der Waals surface area contributed by atoms with Gasteiger partial charge in [-0.1, -0.05) is 7.43 Å².